The van der Waals surface area contributed by atoms with Gasteiger partial charge in [0.05, 0.1) is 6.07 Å². The Balaban J connectivity index is 2.85. The summed E-state index contributed by atoms with van der Waals surface area (Å²) >= 11 is 0. The van der Waals surface area contributed by atoms with Gasteiger partial charge in [-0.15, -0.1) is 0 Å². The van der Waals surface area contributed by atoms with Gasteiger partial charge >= 0.3 is 0 Å². The molecule has 1 aromatic rings. The van der Waals surface area contributed by atoms with Crippen LogP contribution >= 0.6 is 0 Å². The molecule has 1 atom stereocenters. The molecule has 0 bridgehead atoms. The Morgan fingerprint density at radius 3 is 2.45 bits per heavy atom. The van der Waals surface area contributed by atoms with Crippen LogP contribution in [0.4, 0.5) is 0 Å². The maximum absolute atomic E-state index is 9.13. The zero-order valence-electron chi connectivity index (χ0n) is 13.4. The molecule has 20 heavy (non-hydrogen) atoms. The summed E-state index contributed by atoms with van der Waals surface area (Å²) in [6.07, 6.45) is 0. The molecule has 3 heteroatoms. The first-order valence-electron chi connectivity index (χ1n) is 7.13. The number of ether oxygens (including phenoxy) is 1. The molecule has 1 N–H and O–H groups in total. The quantitative estimate of drug-likeness (QED) is 0.893. The molecule has 0 aliphatic rings. The van der Waals surface area contributed by atoms with E-state index in [0.29, 0.717) is 6.61 Å². The van der Waals surface area contributed by atoms with E-state index in [1.54, 1.807) is 0 Å². The van der Waals surface area contributed by atoms with Crippen molar-refractivity contribution in [3.05, 3.63) is 29.3 Å². The third-order valence-electron chi connectivity index (χ3n) is 3.04. The molecule has 0 aliphatic carbocycles. The van der Waals surface area contributed by atoms with E-state index >= 15 is 0 Å². The van der Waals surface area contributed by atoms with Gasteiger partial charge in [-0.05, 0) is 37.8 Å². The van der Waals surface area contributed by atoms with E-state index in [2.05, 4.69) is 45.1 Å². The number of hydrogen-bond donors (Lipinski definition) is 1. The smallest absolute Gasteiger partial charge is 0.130 e. The second kappa shape index (κ2) is 6.76. The molecule has 0 radical (unpaired) electrons. The van der Waals surface area contributed by atoms with Gasteiger partial charge in [0.25, 0.3) is 0 Å². The summed E-state index contributed by atoms with van der Waals surface area (Å²) in [6.45, 7) is 13.0. The van der Waals surface area contributed by atoms with E-state index in [4.69, 9.17) is 10.00 Å². The van der Waals surface area contributed by atoms with Crippen LogP contribution in [0.5, 0.6) is 5.75 Å². The first kappa shape index (κ1) is 16.5. The highest BCUT2D eigenvalue weighted by molar-refractivity contribution is 5.41. The summed E-state index contributed by atoms with van der Waals surface area (Å²) in [4.78, 5) is 0. The van der Waals surface area contributed by atoms with Crippen LogP contribution in [0.15, 0.2) is 18.2 Å². The molecule has 1 rings (SSSR count). The molecule has 0 aromatic heterocycles. The monoisotopic (exact) mass is 274 g/mol. The van der Waals surface area contributed by atoms with Gasteiger partial charge in [-0.3, -0.25) is 5.32 Å². The topological polar surface area (TPSA) is 45.0 Å². The van der Waals surface area contributed by atoms with Crippen LogP contribution in [0.1, 0.15) is 45.7 Å². The Hall–Kier alpha value is -1.53. The summed E-state index contributed by atoms with van der Waals surface area (Å²) < 4.78 is 5.89. The van der Waals surface area contributed by atoms with Crippen molar-refractivity contribution in [3.8, 4) is 11.8 Å². The number of nitriles is 1. The number of benzene rings is 1. The van der Waals surface area contributed by atoms with E-state index in [1.165, 1.54) is 11.1 Å². The molecule has 0 spiro atoms. The number of nitrogens with zero attached hydrogens (tertiary/aromatic N) is 1. The van der Waals surface area contributed by atoms with Crippen LogP contribution in [-0.2, 0) is 5.41 Å². The molecular formula is C17H26N2O. The van der Waals surface area contributed by atoms with Gasteiger partial charge in [-0.2, -0.15) is 5.26 Å². The molecule has 1 aromatic carbocycles. The summed E-state index contributed by atoms with van der Waals surface area (Å²) in [5.41, 5.74) is 2.42. The summed E-state index contributed by atoms with van der Waals surface area (Å²) in [7, 11) is 0. The van der Waals surface area contributed by atoms with Crippen LogP contribution in [-0.4, -0.2) is 18.7 Å². The van der Waals surface area contributed by atoms with Gasteiger partial charge < -0.3 is 4.74 Å². The lowest BCUT2D eigenvalue weighted by Crippen LogP contribution is -2.38. The first-order valence-corrected chi connectivity index (χ1v) is 7.13. The van der Waals surface area contributed by atoms with Crippen molar-refractivity contribution in [1.29, 1.82) is 5.26 Å². The molecule has 1 unspecified atom stereocenters. The Morgan fingerprint density at radius 2 is 1.95 bits per heavy atom. The van der Waals surface area contributed by atoms with Crippen molar-refractivity contribution in [2.45, 2.75) is 59.0 Å². The summed E-state index contributed by atoms with van der Waals surface area (Å²) in [5, 5.41) is 12.3. The second-order valence-electron chi connectivity index (χ2n) is 6.56. The molecule has 0 fully saturated rings. The number of hydrogen-bond acceptors (Lipinski definition) is 3. The highest BCUT2D eigenvalue weighted by atomic mass is 16.5. The minimum atomic E-state index is -0.288. The SMILES string of the molecule is Cc1ccc(OCC(C#N)NC(C)C)c(C(C)(C)C)c1. The van der Waals surface area contributed by atoms with Crippen molar-refractivity contribution < 1.29 is 4.74 Å². The third kappa shape index (κ3) is 4.86. The fraction of sp³-hybridized carbons (Fsp3) is 0.588. The number of aryl methyl sites for hydroxylation is 1. The van der Waals surface area contributed by atoms with Gasteiger partial charge in [-0.1, -0.05) is 38.5 Å². The average molecular weight is 274 g/mol. The van der Waals surface area contributed by atoms with Crippen LogP contribution in [0.25, 0.3) is 0 Å². The molecule has 0 aliphatic heterocycles. The van der Waals surface area contributed by atoms with Crippen LogP contribution in [0.2, 0.25) is 0 Å². The van der Waals surface area contributed by atoms with Crippen molar-refractivity contribution >= 4 is 0 Å². The lowest BCUT2D eigenvalue weighted by Gasteiger charge is -2.24. The highest BCUT2D eigenvalue weighted by Crippen LogP contribution is 2.32. The minimum absolute atomic E-state index is 0.0228. The zero-order chi connectivity index (χ0) is 15.3. The van der Waals surface area contributed by atoms with Crippen LogP contribution < -0.4 is 10.1 Å². The summed E-state index contributed by atoms with van der Waals surface area (Å²) in [6, 6.07) is 8.42. The van der Waals surface area contributed by atoms with Crippen molar-refractivity contribution in [2.24, 2.45) is 0 Å². The zero-order valence-corrected chi connectivity index (χ0v) is 13.4. The molecule has 0 saturated carbocycles. The minimum Gasteiger partial charge on any atom is -0.491 e. The maximum Gasteiger partial charge on any atom is 0.130 e. The Bertz CT molecular complexity index is 481. The lowest BCUT2D eigenvalue weighted by molar-refractivity contribution is 0.276. The molecular weight excluding hydrogens is 248 g/mol. The standard InChI is InChI=1S/C17H26N2O/c1-12(2)19-14(10-18)11-20-16-8-7-13(3)9-15(16)17(4,5)6/h7-9,12,14,19H,11H2,1-6H3. The molecule has 0 saturated heterocycles. The lowest BCUT2D eigenvalue weighted by atomic mass is 9.85. The largest absolute Gasteiger partial charge is 0.491 e. The first-order chi connectivity index (χ1) is 9.24. The molecule has 110 valence electrons. The van der Waals surface area contributed by atoms with E-state index in [9.17, 15) is 0 Å². The molecule has 3 nitrogen and oxygen atoms in total. The number of rotatable bonds is 5. The Kier molecular flexibility index (Phi) is 5.59. The Morgan fingerprint density at radius 1 is 1.30 bits per heavy atom. The predicted octanol–water partition coefficient (Wildman–Crippen LogP) is 3.56. The maximum atomic E-state index is 9.13. The second-order valence-corrected chi connectivity index (χ2v) is 6.56. The van der Waals surface area contributed by atoms with E-state index in [1.807, 2.05) is 26.0 Å². The normalized spacial score (nSPS) is 13.1. The van der Waals surface area contributed by atoms with Crippen molar-refractivity contribution in [3.63, 3.8) is 0 Å². The van der Waals surface area contributed by atoms with Gasteiger partial charge in [0.2, 0.25) is 0 Å². The van der Waals surface area contributed by atoms with Gasteiger partial charge in [0.1, 0.15) is 18.4 Å². The van der Waals surface area contributed by atoms with E-state index in [-0.39, 0.29) is 17.5 Å². The summed E-state index contributed by atoms with van der Waals surface area (Å²) in [5.74, 6) is 0.869. The van der Waals surface area contributed by atoms with Gasteiger partial charge in [0, 0.05) is 6.04 Å². The van der Waals surface area contributed by atoms with E-state index < -0.39 is 0 Å². The number of nitrogens with one attached hydrogen (secondary N) is 1. The third-order valence-corrected chi connectivity index (χ3v) is 3.04. The Labute approximate surface area is 123 Å². The highest BCUT2D eigenvalue weighted by Gasteiger charge is 2.20. The fourth-order valence-electron chi connectivity index (χ4n) is 2.05. The van der Waals surface area contributed by atoms with Crippen molar-refractivity contribution in [1.82, 2.24) is 5.32 Å². The predicted molar refractivity (Wildman–Crippen MR) is 83.0 cm³/mol. The van der Waals surface area contributed by atoms with Crippen molar-refractivity contribution in [2.75, 3.05) is 6.61 Å². The van der Waals surface area contributed by atoms with E-state index in [0.717, 1.165) is 5.75 Å². The van der Waals surface area contributed by atoms with Gasteiger partial charge in [-0.25, -0.2) is 0 Å². The van der Waals surface area contributed by atoms with Gasteiger partial charge in [0.15, 0.2) is 0 Å². The average Bonchev–Trinajstić information content (AvgIpc) is 2.34. The van der Waals surface area contributed by atoms with Crippen LogP contribution in [0.3, 0.4) is 0 Å². The molecule has 0 heterocycles. The fourth-order valence-corrected chi connectivity index (χ4v) is 2.05. The van der Waals surface area contributed by atoms with Crippen LogP contribution in [0, 0.1) is 18.3 Å². The molecule has 0 amide bonds.